The van der Waals surface area contributed by atoms with Crippen LogP contribution in [0.3, 0.4) is 0 Å². The Kier molecular flexibility index (Phi) is 3.81. The Hall–Kier alpha value is -2.04. The number of hydrogen-bond donors (Lipinski definition) is 0. The average molecular weight is 301 g/mol. The zero-order valence-corrected chi connectivity index (χ0v) is 13.5. The van der Waals surface area contributed by atoms with Gasteiger partial charge in [-0.05, 0) is 17.5 Å². The molecule has 0 N–H and O–H groups in total. The maximum absolute atomic E-state index is 12.3. The summed E-state index contributed by atoms with van der Waals surface area (Å²) in [5, 5.41) is 0. The van der Waals surface area contributed by atoms with E-state index in [9.17, 15) is 4.79 Å². The number of benzene rings is 1. The molecule has 5 heteroatoms. The third-order valence-electron chi connectivity index (χ3n) is 3.87. The Balaban J connectivity index is 1.63. The largest absolute Gasteiger partial charge is 0.423 e. The molecule has 5 nitrogen and oxygen atoms in total. The first-order chi connectivity index (χ1) is 10.4. The fourth-order valence-corrected chi connectivity index (χ4v) is 2.71. The Morgan fingerprint density at radius 1 is 1.18 bits per heavy atom. The number of oxazole rings is 1. The summed E-state index contributed by atoms with van der Waals surface area (Å²) in [6, 6.07) is 8.43. The van der Waals surface area contributed by atoms with Crippen LogP contribution in [0.4, 0.5) is 6.01 Å². The van der Waals surface area contributed by atoms with Crippen LogP contribution in [0.2, 0.25) is 0 Å². The van der Waals surface area contributed by atoms with E-state index in [1.165, 1.54) is 0 Å². The standard InChI is InChI=1S/C17H23N3O2/c1-17(2,3)12-15(21)19-8-10-20(11-9-19)16-18-13-6-4-5-7-14(13)22-16/h4-7H,8-12H2,1-3H3. The van der Waals surface area contributed by atoms with Crippen molar-refractivity contribution < 1.29 is 9.21 Å². The fraction of sp³-hybridized carbons (Fsp3) is 0.529. The number of amides is 1. The molecular weight excluding hydrogens is 278 g/mol. The highest BCUT2D eigenvalue weighted by atomic mass is 16.4. The molecule has 22 heavy (non-hydrogen) atoms. The van der Waals surface area contributed by atoms with Gasteiger partial charge in [0, 0.05) is 32.6 Å². The summed E-state index contributed by atoms with van der Waals surface area (Å²) in [6.07, 6.45) is 0.593. The fourth-order valence-electron chi connectivity index (χ4n) is 2.71. The molecule has 2 aromatic rings. The number of carbonyl (C=O) groups excluding carboxylic acids is 1. The molecule has 1 aliphatic rings. The summed E-state index contributed by atoms with van der Waals surface area (Å²) in [5.74, 6) is 0.240. The smallest absolute Gasteiger partial charge is 0.298 e. The van der Waals surface area contributed by atoms with Crippen molar-refractivity contribution in [3.8, 4) is 0 Å². The monoisotopic (exact) mass is 301 g/mol. The third-order valence-corrected chi connectivity index (χ3v) is 3.87. The molecule has 0 spiro atoms. The Morgan fingerprint density at radius 3 is 2.50 bits per heavy atom. The van der Waals surface area contributed by atoms with E-state index < -0.39 is 0 Å². The number of nitrogens with zero attached hydrogens (tertiary/aromatic N) is 3. The van der Waals surface area contributed by atoms with E-state index in [2.05, 4.69) is 30.7 Å². The molecule has 3 rings (SSSR count). The normalized spacial score (nSPS) is 16.3. The Morgan fingerprint density at radius 2 is 1.86 bits per heavy atom. The average Bonchev–Trinajstić information content (AvgIpc) is 2.89. The minimum atomic E-state index is 0.0362. The van der Waals surface area contributed by atoms with Crippen LogP contribution in [0.25, 0.3) is 11.1 Å². The van der Waals surface area contributed by atoms with Gasteiger partial charge in [-0.25, -0.2) is 0 Å². The van der Waals surface area contributed by atoms with Crippen molar-refractivity contribution in [2.24, 2.45) is 5.41 Å². The molecule has 1 aromatic heterocycles. The van der Waals surface area contributed by atoms with Crippen LogP contribution in [-0.4, -0.2) is 42.0 Å². The van der Waals surface area contributed by atoms with Crippen LogP contribution in [0.1, 0.15) is 27.2 Å². The van der Waals surface area contributed by atoms with E-state index in [0.29, 0.717) is 12.4 Å². The molecule has 0 radical (unpaired) electrons. The molecule has 1 aromatic carbocycles. The van der Waals surface area contributed by atoms with E-state index in [0.717, 1.165) is 37.3 Å². The highest BCUT2D eigenvalue weighted by molar-refractivity contribution is 5.77. The van der Waals surface area contributed by atoms with E-state index >= 15 is 0 Å². The van der Waals surface area contributed by atoms with Crippen LogP contribution in [0, 0.1) is 5.41 Å². The molecule has 1 fully saturated rings. The minimum absolute atomic E-state index is 0.0362. The lowest BCUT2D eigenvalue weighted by atomic mass is 9.91. The van der Waals surface area contributed by atoms with Crippen LogP contribution < -0.4 is 4.90 Å². The van der Waals surface area contributed by atoms with Gasteiger partial charge in [-0.3, -0.25) is 4.79 Å². The quantitative estimate of drug-likeness (QED) is 0.856. The summed E-state index contributed by atoms with van der Waals surface area (Å²) >= 11 is 0. The number of hydrogen-bond acceptors (Lipinski definition) is 4. The van der Waals surface area contributed by atoms with Crippen molar-refractivity contribution >= 4 is 23.0 Å². The topological polar surface area (TPSA) is 49.6 Å². The summed E-state index contributed by atoms with van der Waals surface area (Å²) in [6.45, 7) is 9.28. The first kappa shape index (κ1) is 14.9. The molecular formula is C17H23N3O2. The lowest BCUT2D eigenvalue weighted by Crippen LogP contribution is -2.49. The molecule has 0 unspecified atom stereocenters. The van der Waals surface area contributed by atoms with Crippen molar-refractivity contribution in [2.45, 2.75) is 27.2 Å². The van der Waals surface area contributed by atoms with E-state index in [1.807, 2.05) is 29.2 Å². The molecule has 118 valence electrons. The van der Waals surface area contributed by atoms with Crippen LogP contribution in [0.5, 0.6) is 0 Å². The first-order valence-electron chi connectivity index (χ1n) is 7.81. The van der Waals surface area contributed by atoms with Gasteiger partial charge in [-0.15, -0.1) is 0 Å². The van der Waals surface area contributed by atoms with Crippen LogP contribution >= 0.6 is 0 Å². The lowest BCUT2D eigenvalue weighted by molar-refractivity contribution is -0.133. The van der Waals surface area contributed by atoms with Crippen molar-refractivity contribution in [3.63, 3.8) is 0 Å². The number of para-hydroxylation sites is 2. The molecule has 1 amide bonds. The van der Waals surface area contributed by atoms with Gasteiger partial charge < -0.3 is 14.2 Å². The van der Waals surface area contributed by atoms with Crippen LogP contribution in [0.15, 0.2) is 28.7 Å². The molecule has 1 aliphatic heterocycles. The predicted octanol–water partition coefficient (Wildman–Crippen LogP) is 2.91. The SMILES string of the molecule is CC(C)(C)CC(=O)N1CCN(c2nc3ccccc3o2)CC1. The number of fused-ring (bicyclic) bond motifs is 1. The number of anilines is 1. The summed E-state index contributed by atoms with van der Waals surface area (Å²) in [7, 11) is 0. The first-order valence-corrected chi connectivity index (χ1v) is 7.81. The second-order valence-electron chi connectivity index (χ2n) is 7.07. The van der Waals surface area contributed by atoms with E-state index in [-0.39, 0.29) is 11.3 Å². The van der Waals surface area contributed by atoms with Crippen molar-refractivity contribution in [1.82, 2.24) is 9.88 Å². The minimum Gasteiger partial charge on any atom is -0.423 e. The number of carbonyl (C=O) groups is 1. The maximum atomic E-state index is 12.3. The highest BCUT2D eigenvalue weighted by Gasteiger charge is 2.26. The molecule has 0 saturated carbocycles. The molecule has 0 aliphatic carbocycles. The predicted molar refractivity (Wildman–Crippen MR) is 86.9 cm³/mol. The summed E-state index contributed by atoms with van der Waals surface area (Å²) in [5.41, 5.74) is 1.72. The van der Waals surface area contributed by atoms with Gasteiger partial charge in [0.25, 0.3) is 6.01 Å². The number of piperazine rings is 1. The van der Waals surface area contributed by atoms with Gasteiger partial charge >= 0.3 is 0 Å². The zero-order chi connectivity index (χ0) is 15.7. The van der Waals surface area contributed by atoms with Gasteiger partial charge in [0.15, 0.2) is 5.58 Å². The Labute approximate surface area is 130 Å². The lowest BCUT2D eigenvalue weighted by Gasteiger charge is -2.35. The third kappa shape index (κ3) is 3.24. The molecule has 1 saturated heterocycles. The van der Waals surface area contributed by atoms with E-state index in [4.69, 9.17) is 4.42 Å². The second kappa shape index (κ2) is 5.63. The van der Waals surface area contributed by atoms with Gasteiger partial charge in [0.1, 0.15) is 5.52 Å². The molecule has 2 heterocycles. The highest BCUT2D eigenvalue weighted by Crippen LogP contribution is 2.24. The van der Waals surface area contributed by atoms with E-state index in [1.54, 1.807) is 0 Å². The van der Waals surface area contributed by atoms with Gasteiger partial charge in [-0.1, -0.05) is 32.9 Å². The van der Waals surface area contributed by atoms with Crippen LogP contribution in [-0.2, 0) is 4.79 Å². The van der Waals surface area contributed by atoms with Crippen molar-refractivity contribution in [1.29, 1.82) is 0 Å². The number of aromatic nitrogens is 1. The van der Waals surface area contributed by atoms with Crippen molar-refractivity contribution in [3.05, 3.63) is 24.3 Å². The number of rotatable bonds is 2. The van der Waals surface area contributed by atoms with Gasteiger partial charge in [0.05, 0.1) is 0 Å². The van der Waals surface area contributed by atoms with Gasteiger partial charge in [-0.2, -0.15) is 4.98 Å². The Bertz CT molecular complexity index is 631. The summed E-state index contributed by atoms with van der Waals surface area (Å²) in [4.78, 5) is 20.8. The van der Waals surface area contributed by atoms with Gasteiger partial charge in [0.2, 0.25) is 5.91 Å². The maximum Gasteiger partial charge on any atom is 0.298 e. The summed E-state index contributed by atoms with van der Waals surface area (Å²) < 4.78 is 5.80. The van der Waals surface area contributed by atoms with Crippen molar-refractivity contribution in [2.75, 3.05) is 31.1 Å². The molecule has 0 atom stereocenters. The zero-order valence-electron chi connectivity index (χ0n) is 13.5. The molecule has 0 bridgehead atoms. The second-order valence-corrected chi connectivity index (χ2v) is 7.07.